The number of aliphatic hydroxyl groups is 1. The number of aromatic nitrogens is 3. The monoisotopic (exact) mass is 283 g/mol. The van der Waals surface area contributed by atoms with Crippen molar-refractivity contribution >= 4 is 17.9 Å². The van der Waals surface area contributed by atoms with E-state index >= 15 is 0 Å². The van der Waals surface area contributed by atoms with E-state index in [9.17, 15) is 9.59 Å². The number of rotatable bonds is 6. The van der Waals surface area contributed by atoms with E-state index in [2.05, 4.69) is 25.8 Å². The Hall–Kier alpha value is -2.29. The van der Waals surface area contributed by atoms with Gasteiger partial charge in [-0.2, -0.15) is 0 Å². The lowest BCUT2D eigenvalue weighted by atomic mass is 10.2. The summed E-state index contributed by atoms with van der Waals surface area (Å²) in [5.74, 6) is -1.35. The van der Waals surface area contributed by atoms with E-state index < -0.39 is 24.6 Å². The third-order valence-electron chi connectivity index (χ3n) is 2.52. The summed E-state index contributed by atoms with van der Waals surface area (Å²) in [5, 5.41) is 29.5. The number of carbonyl (C=O) groups excluding carboxylic acids is 1. The van der Waals surface area contributed by atoms with Gasteiger partial charge < -0.3 is 15.5 Å². The highest BCUT2D eigenvalue weighted by atomic mass is 16.4. The fourth-order valence-electron chi connectivity index (χ4n) is 1.47. The summed E-state index contributed by atoms with van der Waals surface area (Å²) in [6.07, 6.45) is 1.32. The summed E-state index contributed by atoms with van der Waals surface area (Å²) in [7, 11) is 0. The van der Waals surface area contributed by atoms with Crippen LogP contribution in [-0.2, 0) is 17.6 Å². The fraction of sp³-hybridized carbons (Fsp3) is 0.545. The molecular formula is C11H17N5O4. The van der Waals surface area contributed by atoms with E-state index in [-0.39, 0.29) is 5.95 Å². The number of anilines is 1. The smallest absolute Gasteiger partial charge is 0.328 e. The number of carboxylic acids is 1. The third kappa shape index (κ3) is 4.12. The first-order valence-electron chi connectivity index (χ1n) is 6.15. The van der Waals surface area contributed by atoms with Crippen LogP contribution >= 0.6 is 0 Å². The average molecular weight is 283 g/mol. The van der Waals surface area contributed by atoms with Gasteiger partial charge in [0.15, 0.2) is 6.04 Å². The first-order chi connectivity index (χ1) is 9.51. The van der Waals surface area contributed by atoms with Gasteiger partial charge in [0, 0.05) is 0 Å². The standard InChI is InChI=1S/C11H17N5O4/c1-3-6-7(4-2)15-16-10(12-6)14-11(20)13-8(5-17)9(18)19/h8,17H,3-5H2,1-2H3,(H,18,19)(H2,12,13,14,16,20)/t8-/m0/s1. The van der Waals surface area contributed by atoms with Gasteiger partial charge in [-0.25, -0.2) is 14.6 Å². The Morgan fingerprint density at radius 1 is 1.20 bits per heavy atom. The Morgan fingerprint density at radius 2 is 1.85 bits per heavy atom. The molecule has 2 amide bonds. The van der Waals surface area contributed by atoms with Gasteiger partial charge in [-0.3, -0.25) is 5.32 Å². The van der Waals surface area contributed by atoms with Gasteiger partial charge in [-0.1, -0.05) is 13.8 Å². The Balaban J connectivity index is 2.73. The minimum Gasteiger partial charge on any atom is -0.480 e. The summed E-state index contributed by atoms with van der Waals surface area (Å²) in [4.78, 5) is 26.3. The lowest BCUT2D eigenvalue weighted by Crippen LogP contribution is -2.45. The third-order valence-corrected chi connectivity index (χ3v) is 2.52. The van der Waals surface area contributed by atoms with Gasteiger partial charge in [0.2, 0.25) is 0 Å². The number of aryl methyl sites for hydroxylation is 2. The van der Waals surface area contributed by atoms with Crippen molar-refractivity contribution in [1.29, 1.82) is 0 Å². The maximum atomic E-state index is 11.5. The molecule has 20 heavy (non-hydrogen) atoms. The predicted molar refractivity (Wildman–Crippen MR) is 69.2 cm³/mol. The van der Waals surface area contributed by atoms with Gasteiger partial charge in [0.25, 0.3) is 5.95 Å². The van der Waals surface area contributed by atoms with Crippen LogP contribution in [0.3, 0.4) is 0 Å². The molecule has 0 aliphatic rings. The van der Waals surface area contributed by atoms with Gasteiger partial charge >= 0.3 is 12.0 Å². The average Bonchev–Trinajstić information content (AvgIpc) is 2.44. The fourth-order valence-corrected chi connectivity index (χ4v) is 1.47. The van der Waals surface area contributed by atoms with Crippen molar-refractivity contribution in [2.24, 2.45) is 0 Å². The topological polar surface area (TPSA) is 137 Å². The number of urea groups is 1. The van der Waals surface area contributed by atoms with Crippen molar-refractivity contribution in [1.82, 2.24) is 20.5 Å². The second-order valence-electron chi connectivity index (χ2n) is 3.91. The summed E-state index contributed by atoms with van der Waals surface area (Å²) in [6.45, 7) is 3.11. The summed E-state index contributed by atoms with van der Waals surface area (Å²) in [5.41, 5.74) is 1.46. The number of carboxylic acid groups (broad SMARTS) is 1. The van der Waals surface area contributed by atoms with E-state index in [1.807, 2.05) is 13.8 Å². The molecule has 1 aromatic heterocycles. The number of amides is 2. The molecular weight excluding hydrogens is 266 g/mol. The lowest BCUT2D eigenvalue weighted by Gasteiger charge is -2.12. The molecule has 110 valence electrons. The molecule has 1 heterocycles. The van der Waals surface area contributed by atoms with Gasteiger partial charge in [-0.05, 0) is 12.8 Å². The molecule has 0 radical (unpaired) electrons. The number of nitrogens with one attached hydrogen (secondary N) is 2. The van der Waals surface area contributed by atoms with Crippen LogP contribution in [0.4, 0.5) is 10.7 Å². The van der Waals surface area contributed by atoms with E-state index in [0.717, 1.165) is 11.4 Å². The molecule has 9 heteroatoms. The van der Waals surface area contributed by atoms with Crippen LogP contribution in [-0.4, -0.2) is 50.0 Å². The van der Waals surface area contributed by atoms with E-state index in [4.69, 9.17) is 10.2 Å². The number of nitrogens with zero attached hydrogens (tertiary/aromatic N) is 3. The largest absolute Gasteiger partial charge is 0.480 e. The molecule has 1 atom stereocenters. The molecule has 0 fully saturated rings. The molecule has 0 aliphatic heterocycles. The number of aliphatic carboxylic acids is 1. The molecule has 1 rings (SSSR count). The van der Waals surface area contributed by atoms with Crippen LogP contribution in [0.1, 0.15) is 25.2 Å². The van der Waals surface area contributed by atoms with Crippen LogP contribution < -0.4 is 10.6 Å². The van der Waals surface area contributed by atoms with Crippen LogP contribution in [0.15, 0.2) is 0 Å². The van der Waals surface area contributed by atoms with Gasteiger partial charge in [-0.15, -0.1) is 10.2 Å². The molecule has 1 aromatic rings. The van der Waals surface area contributed by atoms with Crippen molar-refractivity contribution in [3.63, 3.8) is 0 Å². The molecule has 0 saturated carbocycles. The van der Waals surface area contributed by atoms with Crippen LogP contribution in [0, 0.1) is 0 Å². The Kier molecular flexibility index (Phi) is 5.78. The van der Waals surface area contributed by atoms with Crippen molar-refractivity contribution < 1.29 is 19.8 Å². The van der Waals surface area contributed by atoms with Crippen LogP contribution in [0.25, 0.3) is 0 Å². The highest BCUT2D eigenvalue weighted by molar-refractivity contribution is 5.90. The number of hydrogen-bond acceptors (Lipinski definition) is 6. The predicted octanol–water partition coefficient (Wildman–Crippen LogP) is -0.437. The summed E-state index contributed by atoms with van der Waals surface area (Å²) >= 11 is 0. The zero-order valence-electron chi connectivity index (χ0n) is 11.3. The zero-order valence-corrected chi connectivity index (χ0v) is 11.3. The lowest BCUT2D eigenvalue weighted by molar-refractivity contribution is -0.140. The van der Waals surface area contributed by atoms with Crippen molar-refractivity contribution in [2.75, 3.05) is 11.9 Å². The molecule has 0 bridgehead atoms. The summed E-state index contributed by atoms with van der Waals surface area (Å²) in [6, 6.07) is -2.21. The Labute approximate surface area is 115 Å². The molecule has 0 saturated heterocycles. The van der Waals surface area contributed by atoms with Crippen molar-refractivity contribution in [3.05, 3.63) is 11.4 Å². The van der Waals surface area contributed by atoms with Crippen LogP contribution in [0.2, 0.25) is 0 Å². The minimum atomic E-state index is -1.39. The second kappa shape index (κ2) is 7.34. The molecule has 9 nitrogen and oxygen atoms in total. The van der Waals surface area contributed by atoms with Gasteiger partial charge in [0.05, 0.1) is 18.0 Å². The number of aliphatic hydroxyl groups excluding tert-OH is 1. The summed E-state index contributed by atoms with van der Waals surface area (Å²) < 4.78 is 0. The molecule has 0 spiro atoms. The Morgan fingerprint density at radius 3 is 2.35 bits per heavy atom. The highest BCUT2D eigenvalue weighted by Crippen LogP contribution is 2.06. The quantitative estimate of drug-likeness (QED) is 0.555. The SMILES string of the molecule is CCc1nnc(NC(=O)N[C@@H](CO)C(=O)O)nc1CC. The van der Waals surface area contributed by atoms with Gasteiger partial charge in [0.1, 0.15) is 0 Å². The number of carbonyl (C=O) groups is 2. The van der Waals surface area contributed by atoms with Crippen molar-refractivity contribution in [3.8, 4) is 0 Å². The van der Waals surface area contributed by atoms with E-state index in [1.54, 1.807) is 0 Å². The van der Waals surface area contributed by atoms with E-state index in [1.165, 1.54) is 0 Å². The second-order valence-corrected chi connectivity index (χ2v) is 3.91. The van der Waals surface area contributed by atoms with Crippen LogP contribution in [0.5, 0.6) is 0 Å². The molecule has 0 aliphatic carbocycles. The minimum absolute atomic E-state index is 0.0152. The first-order valence-corrected chi connectivity index (χ1v) is 6.15. The van der Waals surface area contributed by atoms with Crippen molar-refractivity contribution in [2.45, 2.75) is 32.7 Å². The molecule has 4 N–H and O–H groups in total. The van der Waals surface area contributed by atoms with E-state index in [0.29, 0.717) is 12.8 Å². The highest BCUT2D eigenvalue weighted by Gasteiger charge is 2.19. The normalized spacial score (nSPS) is 11.8. The Bertz CT molecular complexity index is 494. The number of hydrogen-bond donors (Lipinski definition) is 4. The zero-order chi connectivity index (χ0) is 15.1. The maximum Gasteiger partial charge on any atom is 0.328 e. The maximum absolute atomic E-state index is 11.5. The molecule has 0 unspecified atom stereocenters. The molecule has 0 aromatic carbocycles. The first kappa shape index (κ1) is 15.8.